The topological polar surface area (TPSA) is 24.5 Å². The van der Waals surface area contributed by atoms with E-state index in [4.69, 9.17) is 16.3 Å². The molecule has 0 saturated heterocycles. The maximum atomic E-state index is 6.12. The van der Waals surface area contributed by atoms with Gasteiger partial charge in [0.05, 0.1) is 12.1 Å². The molecule has 0 saturated carbocycles. The fourth-order valence-corrected chi connectivity index (χ4v) is 2.48. The molecule has 2 aromatic carbocycles. The number of benzene rings is 2. The van der Waals surface area contributed by atoms with Crippen molar-refractivity contribution in [1.29, 1.82) is 0 Å². The van der Waals surface area contributed by atoms with Crippen molar-refractivity contribution in [2.24, 2.45) is 0 Å². The predicted molar refractivity (Wildman–Crippen MR) is 90.8 cm³/mol. The van der Waals surface area contributed by atoms with Crippen LogP contribution in [0.3, 0.4) is 0 Å². The van der Waals surface area contributed by atoms with Crippen LogP contribution in [0.25, 0.3) is 0 Å². The van der Waals surface area contributed by atoms with Crippen LogP contribution in [0.15, 0.2) is 48.5 Å². The standard InChI is InChI=1S/C17H21ClN2O/c1-3-20(15-7-5-4-6-8-15)12-11-19-14-9-10-17(21-2)16(18)13-14/h4-10,13,19H,3,11-12H2,1-2H3. The van der Waals surface area contributed by atoms with Crippen LogP contribution < -0.4 is 15.0 Å². The lowest BCUT2D eigenvalue weighted by atomic mass is 10.2. The summed E-state index contributed by atoms with van der Waals surface area (Å²) in [6, 6.07) is 16.2. The van der Waals surface area contributed by atoms with E-state index in [9.17, 15) is 0 Å². The summed E-state index contributed by atoms with van der Waals surface area (Å²) >= 11 is 6.12. The van der Waals surface area contributed by atoms with Gasteiger partial charge in [-0.25, -0.2) is 0 Å². The lowest BCUT2D eigenvalue weighted by Gasteiger charge is -2.23. The highest BCUT2D eigenvalue weighted by atomic mass is 35.5. The first kappa shape index (κ1) is 15.5. The average Bonchev–Trinajstić information content (AvgIpc) is 2.52. The number of hydrogen-bond donors (Lipinski definition) is 1. The van der Waals surface area contributed by atoms with Gasteiger partial charge in [0.2, 0.25) is 0 Å². The molecule has 0 atom stereocenters. The molecular formula is C17H21ClN2O. The van der Waals surface area contributed by atoms with Crippen molar-refractivity contribution >= 4 is 23.0 Å². The summed E-state index contributed by atoms with van der Waals surface area (Å²) in [6.45, 7) is 4.93. The molecule has 0 heterocycles. The van der Waals surface area contributed by atoms with Crippen LogP contribution in [0.2, 0.25) is 5.02 Å². The van der Waals surface area contributed by atoms with E-state index in [1.165, 1.54) is 5.69 Å². The van der Waals surface area contributed by atoms with Crippen molar-refractivity contribution < 1.29 is 4.74 Å². The Kier molecular flexibility index (Phi) is 5.76. The number of ether oxygens (including phenoxy) is 1. The number of nitrogens with one attached hydrogen (secondary N) is 1. The number of likely N-dealkylation sites (N-methyl/N-ethyl adjacent to an activating group) is 1. The summed E-state index contributed by atoms with van der Waals surface area (Å²) in [5.74, 6) is 0.696. The van der Waals surface area contributed by atoms with Gasteiger partial charge in [-0.15, -0.1) is 0 Å². The summed E-state index contributed by atoms with van der Waals surface area (Å²) in [7, 11) is 1.62. The Hall–Kier alpha value is -1.87. The normalized spacial score (nSPS) is 10.2. The van der Waals surface area contributed by atoms with Crippen molar-refractivity contribution in [1.82, 2.24) is 0 Å². The van der Waals surface area contributed by atoms with Gasteiger partial charge in [-0.05, 0) is 37.3 Å². The first-order valence-electron chi connectivity index (χ1n) is 7.12. The Morgan fingerprint density at radius 2 is 1.90 bits per heavy atom. The number of halogens is 1. The molecule has 0 aromatic heterocycles. The van der Waals surface area contributed by atoms with E-state index in [0.717, 1.165) is 25.3 Å². The van der Waals surface area contributed by atoms with Crippen LogP contribution in [-0.2, 0) is 0 Å². The maximum absolute atomic E-state index is 6.12. The molecule has 0 radical (unpaired) electrons. The van der Waals surface area contributed by atoms with Gasteiger partial charge < -0.3 is 15.0 Å². The van der Waals surface area contributed by atoms with Crippen LogP contribution >= 0.6 is 11.6 Å². The first-order valence-corrected chi connectivity index (χ1v) is 7.49. The summed E-state index contributed by atoms with van der Waals surface area (Å²) in [4.78, 5) is 2.33. The molecule has 0 spiro atoms. The highest BCUT2D eigenvalue weighted by Gasteiger charge is 2.04. The minimum absolute atomic E-state index is 0.623. The molecule has 2 rings (SSSR count). The molecule has 4 heteroatoms. The Morgan fingerprint density at radius 3 is 2.52 bits per heavy atom. The maximum Gasteiger partial charge on any atom is 0.137 e. The van der Waals surface area contributed by atoms with Gasteiger partial charge in [0.1, 0.15) is 5.75 Å². The van der Waals surface area contributed by atoms with Gasteiger partial charge in [-0.2, -0.15) is 0 Å². The van der Waals surface area contributed by atoms with Crippen LogP contribution in [0.4, 0.5) is 11.4 Å². The van der Waals surface area contributed by atoms with Gasteiger partial charge in [0.25, 0.3) is 0 Å². The van der Waals surface area contributed by atoms with Gasteiger partial charge in [0, 0.05) is 31.0 Å². The number of rotatable bonds is 7. The van der Waals surface area contributed by atoms with Gasteiger partial charge >= 0.3 is 0 Å². The zero-order valence-electron chi connectivity index (χ0n) is 12.5. The van der Waals surface area contributed by atoms with Crippen LogP contribution in [-0.4, -0.2) is 26.7 Å². The van der Waals surface area contributed by atoms with Crippen molar-refractivity contribution in [3.63, 3.8) is 0 Å². The van der Waals surface area contributed by atoms with Gasteiger partial charge in [-0.1, -0.05) is 29.8 Å². The minimum atomic E-state index is 0.623. The zero-order chi connectivity index (χ0) is 15.1. The number of nitrogens with zero attached hydrogens (tertiary/aromatic N) is 1. The molecule has 0 aliphatic carbocycles. The van der Waals surface area contributed by atoms with Crippen molar-refractivity contribution in [2.45, 2.75) is 6.92 Å². The Morgan fingerprint density at radius 1 is 1.14 bits per heavy atom. The lowest BCUT2D eigenvalue weighted by molar-refractivity contribution is 0.415. The molecule has 0 aliphatic heterocycles. The van der Waals surface area contributed by atoms with E-state index >= 15 is 0 Å². The number of hydrogen-bond acceptors (Lipinski definition) is 3. The predicted octanol–water partition coefficient (Wildman–Crippen LogP) is 4.29. The van der Waals surface area contributed by atoms with Gasteiger partial charge in [-0.3, -0.25) is 0 Å². The zero-order valence-corrected chi connectivity index (χ0v) is 13.2. The largest absolute Gasteiger partial charge is 0.495 e. The molecule has 0 unspecified atom stereocenters. The Bertz CT molecular complexity index is 560. The quantitative estimate of drug-likeness (QED) is 0.826. The SMILES string of the molecule is CCN(CCNc1ccc(OC)c(Cl)c1)c1ccccc1. The van der Waals surface area contributed by atoms with Crippen LogP contribution in [0, 0.1) is 0 Å². The second kappa shape index (κ2) is 7.79. The van der Waals surface area contributed by atoms with Crippen LogP contribution in [0.1, 0.15) is 6.92 Å². The van der Waals surface area contributed by atoms with E-state index in [1.807, 2.05) is 24.3 Å². The number of para-hydroxylation sites is 1. The second-order valence-corrected chi connectivity index (χ2v) is 5.10. The van der Waals surface area contributed by atoms with Crippen molar-refractivity contribution in [3.8, 4) is 5.75 Å². The average molecular weight is 305 g/mol. The molecule has 3 nitrogen and oxygen atoms in total. The molecule has 112 valence electrons. The fourth-order valence-electron chi connectivity index (χ4n) is 2.22. The Labute approximate surface area is 131 Å². The highest BCUT2D eigenvalue weighted by molar-refractivity contribution is 6.32. The summed E-state index contributed by atoms with van der Waals surface area (Å²) in [5, 5.41) is 4.01. The van der Waals surface area contributed by atoms with Crippen LogP contribution in [0.5, 0.6) is 5.75 Å². The van der Waals surface area contributed by atoms with E-state index in [0.29, 0.717) is 10.8 Å². The molecule has 0 amide bonds. The van der Waals surface area contributed by atoms with E-state index in [2.05, 4.69) is 41.4 Å². The summed E-state index contributed by atoms with van der Waals surface area (Å²) in [6.07, 6.45) is 0. The number of anilines is 2. The first-order chi connectivity index (χ1) is 10.2. The fraction of sp³-hybridized carbons (Fsp3) is 0.294. The molecule has 2 aromatic rings. The monoisotopic (exact) mass is 304 g/mol. The smallest absolute Gasteiger partial charge is 0.137 e. The highest BCUT2D eigenvalue weighted by Crippen LogP contribution is 2.27. The van der Waals surface area contributed by atoms with Crippen molar-refractivity contribution in [2.75, 3.05) is 37.0 Å². The third kappa shape index (κ3) is 4.30. The molecular weight excluding hydrogens is 284 g/mol. The summed E-state index contributed by atoms with van der Waals surface area (Å²) < 4.78 is 5.15. The molecule has 1 N–H and O–H groups in total. The Balaban J connectivity index is 1.90. The minimum Gasteiger partial charge on any atom is -0.495 e. The number of methoxy groups -OCH3 is 1. The van der Waals surface area contributed by atoms with Crippen molar-refractivity contribution in [3.05, 3.63) is 53.6 Å². The lowest BCUT2D eigenvalue weighted by Crippen LogP contribution is -2.28. The van der Waals surface area contributed by atoms with E-state index < -0.39 is 0 Å². The van der Waals surface area contributed by atoms with Gasteiger partial charge in [0.15, 0.2) is 0 Å². The van der Waals surface area contributed by atoms with E-state index in [1.54, 1.807) is 7.11 Å². The molecule has 0 bridgehead atoms. The summed E-state index contributed by atoms with van der Waals surface area (Å²) in [5.41, 5.74) is 2.25. The third-order valence-electron chi connectivity index (χ3n) is 3.37. The molecule has 0 aliphatic rings. The molecule has 21 heavy (non-hydrogen) atoms. The second-order valence-electron chi connectivity index (χ2n) is 4.69. The molecule has 0 fully saturated rings. The van der Waals surface area contributed by atoms with E-state index in [-0.39, 0.29) is 0 Å². The third-order valence-corrected chi connectivity index (χ3v) is 3.66.